The normalized spacial score (nSPS) is 13.6. The van der Waals surface area contributed by atoms with Gasteiger partial charge in [0.15, 0.2) is 0 Å². The average Bonchev–Trinajstić information content (AvgIpc) is 3.03. The van der Waals surface area contributed by atoms with Gasteiger partial charge in [-0.3, -0.25) is 9.59 Å². The lowest BCUT2D eigenvalue weighted by molar-refractivity contribution is -0.117. The summed E-state index contributed by atoms with van der Waals surface area (Å²) in [4.78, 5) is 25.7. The molecule has 3 rings (SSSR count). The van der Waals surface area contributed by atoms with E-state index in [2.05, 4.69) is 5.32 Å². The van der Waals surface area contributed by atoms with Crippen molar-refractivity contribution in [3.63, 3.8) is 0 Å². The van der Waals surface area contributed by atoms with E-state index in [9.17, 15) is 9.59 Å². The molecule has 1 saturated heterocycles. The Morgan fingerprint density at radius 3 is 2.64 bits per heavy atom. The maximum atomic E-state index is 12.2. The molecule has 1 fully saturated rings. The highest BCUT2D eigenvalue weighted by Crippen LogP contribution is 2.22. The van der Waals surface area contributed by atoms with Gasteiger partial charge in [0.25, 0.3) is 0 Å². The summed E-state index contributed by atoms with van der Waals surface area (Å²) in [5.41, 5.74) is 2.56. The summed E-state index contributed by atoms with van der Waals surface area (Å²) in [6, 6.07) is 14.2. The van der Waals surface area contributed by atoms with Crippen molar-refractivity contribution in [3.05, 3.63) is 58.6 Å². The molecular weight excluding hydrogens is 338 g/mol. The number of nitrogens with one attached hydrogen (secondary N) is 1. The smallest absolute Gasteiger partial charge is 0.228 e. The van der Waals surface area contributed by atoms with Gasteiger partial charge in [-0.15, -0.1) is 0 Å². The second kappa shape index (κ2) is 7.37. The van der Waals surface area contributed by atoms with Crippen molar-refractivity contribution in [1.29, 1.82) is 5.26 Å². The molecule has 6 heteroatoms. The van der Waals surface area contributed by atoms with E-state index in [0.717, 1.165) is 24.2 Å². The van der Waals surface area contributed by atoms with Gasteiger partial charge in [0.2, 0.25) is 11.8 Å². The van der Waals surface area contributed by atoms with Crippen molar-refractivity contribution < 1.29 is 9.59 Å². The van der Waals surface area contributed by atoms with Gasteiger partial charge in [-0.1, -0.05) is 23.7 Å². The van der Waals surface area contributed by atoms with Crippen LogP contribution in [-0.4, -0.2) is 18.4 Å². The molecule has 0 saturated carbocycles. The Morgan fingerprint density at radius 1 is 1.24 bits per heavy atom. The molecule has 1 N–H and O–H groups in total. The fourth-order valence-electron chi connectivity index (χ4n) is 2.79. The predicted octanol–water partition coefficient (Wildman–Crippen LogP) is 3.52. The lowest BCUT2D eigenvalue weighted by atomic mass is 10.1. The molecule has 1 aliphatic rings. The van der Waals surface area contributed by atoms with Crippen molar-refractivity contribution in [2.75, 3.05) is 16.8 Å². The van der Waals surface area contributed by atoms with Crippen LogP contribution in [0.25, 0.3) is 0 Å². The number of nitriles is 1. The molecule has 0 aliphatic carbocycles. The maximum absolute atomic E-state index is 12.2. The van der Waals surface area contributed by atoms with E-state index in [1.807, 2.05) is 30.3 Å². The molecule has 2 aromatic rings. The molecule has 0 radical (unpaired) electrons. The number of anilines is 2. The second-order valence-electron chi connectivity index (χ2n) is 5.85. The summed E-state index contributed by atoms with van der Waals surface area (Å²) >= 11 is 5.88. The fraction of sp³-hybridized carbons (Fsp3) is 0.211. The number of hydrogen-bond donors (Lipinski definition) is 1. The van der Waals surface area contributed by atoms with Crippen LogP contribution in [0.3, 0.4) is 0 Å². The molecule has 25 heavy (non-hydrogen) atoms. The van der Waals surface area contributed by atoms with E-state index < -0.39 is 0 Å². The Balaban J connectivity index is 1.63. The monoisotopic (exact) mass is 353 g/mol. The van der Waals surface area contributed by atoms with Gasteiger partial charge in [-0.2, -0.15) is 5.26 Å². The maximum Gasteiger partial charge on any atom is 0.228 e. The number of amides is 2. The first-order valence-corrected chi connectivity index (χ1v) is 8.33. The number of hydrogen-bond acceptors (Lipinski definition) is 3. The standard InChI is InChI=1S/C19H16ClN3O2/c20-17-8-5-15(11-14(17)12-21)22-18(24)10-13-3-6-16(7-4-13)23-9-1-2-19(23)25/h3-8,11H,1-2,9-10H2,(H,22,24). The van der Waals surface area contributed by atoms with Crippen LogP contribution in [0, 0.1) is 11.3 Å². The van der Waals surface area contributed by atoms with Gasteiger partial charge in [-0.05, 0) is 42.3 Å². The second-order valence-corrected chi connectivity index (χ2v) is 6.25. The highest BCUT2D eigenvalue weighted by atomic mass is 35.5. The van der Waals surface area contributed by atoms with Crippen molar-refractivity contribution in [3.8, 4) is 6.07 Å². The third-order valence-corrected chi connectivity index (χ3v) is 4.39. The molecule has 1 heterocycles. The van der Waals surface area contributed by atoms with Gasteiger partial charge in [0, 0.05) is 24.3 Å². The van der Waals surface area contributed by atoms with Crippen molar-refractivity contribution in [1.82, 2.24) is 0 Å². The zero-order valence-electron chi connectivity index (χ0n) is 13.5. The van der Waals surface area contributed by atoms with Crippen LogP contribution in [0.2, 0.25) is 5.02 Å². The summed E-state index contributed by atoms with van der Waals surface area (Å²) < 4.78 is 0. The van der Waals surface area contributed by atoms with E-state index >= 15 is 0 Å². The molecule has 1 aliphatic heterocycles. The summed E-state index contributed by atoms with van der Waals surface area (Å²) in [6.45, 7) is 0.746. The lowest BCUT2D eigenvalue weighted by Crippen LogP contribution is -2.23. The number of carbonyl (C=O) groups excluding carboxylic acids is 2. The molecule has 0 bridgehead atoms. The van der Waals surface area contributed by atoms with Crippen LogP contribution in [0.5, 0.6) is 0 Å². The Labute approximate surface area is 150 Å². The molecule has 0 aromatic heterocycles. The Hall–Kier alpha value is -2.84. The highest BCUT2D eigenvalue weighted by molar-refractivity contribution is 6.31. The zero-order valence-corrected chi connectivity index (χ0v) is 14.2. The van der Waals surface area contributed by atoms with Crippen LogP contribution in [0.4, 0.5) is 11.4 Å². The van der Waals surface area contributed by atoms with E-state index in [0.29, 0.717) is 22.7 Å². The third-order valence-electron chi connectivity index (χ3n) is 4.06. The van der Waals surface area contributed by atoms with Crippen molar-refractivity contribution >= 4 is 34.8 Å². The first-order valence-electron chi connectivity index (χ1n) is 7.95. The minimum Gasteiger partial charge on any atom is -0.326 e. The van der Waals surface area contributed by atoms with Gasteiger partial charge >= 0.3 is 0 Å². The summed E-state index contributed by atoms with van der Waals surface area (Å²) in [5.74, 6) is -0.0438. The lowest BCUT2D eigenvalue weighted by Gasteiger charge is -2.15. The Kier molecular flexibility index (Phi) is 5.01. The number of rotatable bonds is 4. The largest absolute Gasteiger partial charge is 0.326 e. The van der Waals surface area contributed by atoms with Crippen LogP contribution in [0.1, 0.15) is 24.0 Å². The van der Waals surface area contributed by atoms with Gasteiger partial charge < -0.3 is 10.2 Å². The van der Waals surface area contributed by atoms with Gasteiger partial charge in [-0.25, -0.2) is 0 Å². The SMILES string of the molecule is N#Cc1cc(NC(=O)Cc2ccc(N3CCCC3=O)cc2)ccc1Cl. The predicted molar refractivity (Wildman–Crippen MR) is 96.5 cm³/mol. The molecule has 0 unspecified atom stereocenters. The quantitative estimate of drug-likeness (QED) is 0.913. The molecule has 2 amide bonds. The van der Waals surface area contributed by atoms with Crippen molar-refractivity contribution in [2.45, 2.75) is 19.3 Å². The summed E-state index contributed by atoms with van der Waals surface area (Å²) in [6.07, 6.45) is 1.68. The minimum atomic E-state index is -0.184. The van der Waals surface area contributed by atoms with Crippen LogP contribution in [0.15, 0.2) is 42.5 Å². The molecule has 0 spiro atoms. The van der Waals surface area contributed by atoms with Crippen LogP contribution in [-0.2, 0) is 16.0 Å². The third kappa shape index (κ3) is 3.98. The van der Waals surface area contributed by atoms with E-state index in [-0.39, 0.29) is 18.2 Å². The van der Waals surface area contributed by atoms with Crippen LogP contribution >= 0.6 is 11.6 Å². The number of benzene rings is 2. The topological polar surface area (TPSA) is 73.2 Å². The molecule has 126 valence electrons. The minimum absolute atomic E-state index is 0.140. The first-order chi connectivity index (χ1) is 12.1. The highest BCUT2D eigenvalue weighted by Gasteiger charge is 2.21. The molecule has 2 aromatic carbocycles. The van der Waals surface area contributed by atoms with Gasteiger partial charge in [0.05, 0.1) is 17.0 Å². The zero-order chi connectivity index (χ0) is 17.8. The van der Waals surface area contributed by atoms with Crippen LogP contribution < -0.4 is 10.2 Å². The molecule has 5 nitrogen and oxygen atoms in total. The van der Waals surface area contributed by atoms with E-state index in [4.69, 9.17) is 16.9 Å². The van der Waals surface area contributed by atoms with Crippen molar-refractivity contribution in [2.24, 2.45) is 0 Å². The number of carbonyl (C=O) groups is 2. The summed E-state index contributed by atoms with van der Waals surface area (Å²) in [5, 5.41) is 12.1. The molecular formula is C19H16ClN3O2. The van der Waals surface area contributed by atoms with E-state index in [1.165, 1.54) is 0 Å². The first kappa shape index (κ1) is 17.0. The average molecular weight is 354 g/mol. The van der Waals surface area contributed by atoms with E-state index in [1.54, 1.807) is 23.1 Å². The Bertz CT molecular complexity index is 856. The number of nitrogens with zero attached hydrogens (tertiary/aromatic N) is 2. The Morgan fingerprint density at radius 2 is 2.00 bits per heavy atom. The summed E-state index contributed by atoms with van der Waals surface area (Å²) in [7, 11) is 0. The van der Waals surface area contributed by atoms with Gasteiger partial charge in [0.1, 0.15) is 6.07 Å². The molecule has 0 atom stereocenters. The fourth-order valence-corrected chi connectivity index (χ4v) is 2.95. The number of halogens is 1.